The fraction of sp³-hybridized carbons (Fsp3) is 0.562. The van der Waals surface area contributed by atoms with Gasteiger partial charge in [0.15, 0.2) is 5.96 Å². The Bertz CT molecular complexity index is 596. The predicted molar refractivity (Wildman–Crippen MR) is 85.8 cm³/mol. The molecule has 0 aromatic heterocycles. The second kappa shape index (κ2) is 5.94. The van der Waals surface area contributed by atoms with E-state index in [1.54, 1.807) is 25.2 Å². The average Bonchev–Trinajstić information content (AvgIpc) is 2.94. The maximum absolute atomic E-state index is 11.1. The van der Waals surface area contributed by atoms with E-state index in [9.17, 15) is 10.1 Å². The fourth-order valence-corrected chi connectivity index (χ4v) is 3.55. The number of rotatable bonds is 3. The molecule has 2 fully saturated rings. The monoisotopic (exact) mass is 302 g/mol. The highest BCUT2D eigenvalue weighted by Gasteiger charge is 2.43. The molecular formula is C16H22N4O2. The molecule has 6 heteroatoms. The van der Waals surface area contributed by atoms with Crippen molar-refractivity contribution < 1.29 is 4.92 Å². The van der Waals surface area contributed by atoms with Gasteiger partial charge in [-0.15, -0.1) is 0 Å². The summed E-state index contributed by atoms with van der Waals surface area (Å²) in [6.07, 6.45) is 5.23. The Morgan fingerprint density at radius 3 is 2.77 bits per heavy atom. The molecule has 0 radical (unpaired) electrons. The number of nitrogens with one attached hydrogen (secondary N) is 1. The summed E-state index contributed by atoms with van der Waals surface area (Å²) >= 11 is 0. The molecule has 1 spiro atoms. The third-order valence-corrected chi connectivity index (χ3v) is 4.99. The van der Waals surface area contributed by atoms with Gasteiger partial charge in [-0.05, 0) is 24.7 Å². The minimum atomic E-state index is -0.334. The smallest absolute Gasteiger partial charge is 0.274 e. The summed E-state index contributed by atoms with van der Waals surface area (Å²) in [5, 5.41) is 14.3. The SMILES string of the molecule is CN=C(NCc1ccccc1[N+](=O)[O-])N1CCC2(CCC2)C1. The predicted octanol–water partition coefficient (Wildman–Crippen LogP) is 2.55. The van der Waals surface area contributed by atoms with Crippen LogP contribution in [0.4, 0.5) is 5.69 Å². The van der Waals surface area contributed by atoms with Gasteiger partial charge in [-0.25, -0.2) is 0 Å². The molecule has 118 valence electrons. The molecule has 3 rings (SSSR count). The number of nitrogens with zero attached hydrogens (tertiary/aromatic N) is 3. The molecule has 0 amide bonds. The lowest BCUT2D eigenvalue weighted by Crippen LogP contribution is -2.42. The maximum Gasteiger partial charge on any atom is 0.274 e. The highest BCUT2D eigenvalue weighted by molar-refractivity contribution is 5.80. The van der Waals surface area contributed by atoms with E-state index >= 15 is 0 Å². The van der Waals surface area contributed by atoms with Crippen LogP contribution in [0.25, 0.3) is 0 Å². The highest BCUT2D eigenvalue weighted by Crippen LogP contribution is 2.47. The van der Waals surface area contributed by atoms with E-state index in [1.807, 2.05) is 6.07 Å². The van der Waals surface area contributed by atoms with Crippen LogP contribution in [0.3, 0.4) is 0 Å². The van der Waals surface area contributed by atoms with Crippen LogP contribution in [0.1, 0.15) is 31.2 Å². The van der Waals surface area contributed by atoms with Gasteiger partial charge in [0.1, 0.15) is 0 Å². The van der Waals surface area contributed by atoms with Gasteiger partial charge in [0, 0.05) is 38.3 Å². The molecule has 22 heavy (non-hydrogen) atoms. The summed E-state index contributed by atoms with van der Waals surface area (Å²) in [4.78, 5) is 17.4. The number of aliphatic imine (C=N–C) groups is 1. The Morgan fingerprint density at radius 2 is 2.18 bits per heavy atom. The fourth-order valence-electron chi connectivity index (χ4n) is 3.55. The first-order valence-corrected chi connectivity index (χ1v) is 7.81. The second-order valence-electron chi connectivity index (χ2n) is 6.31. The molecule has 1 saturated carbocycles. The zero-order chi connectivity index (χ0) is 15.6. The Kier molecular flexibility index (Phi) is 4.00. The van der Waals surface area contributed by atoms with E-state index < -0.39 is 0 Å². The first kappa shape index (κ1) is 14.8. The first-order chi connectivity index (χ1) is 10.6. The minimum absolute atomic E-state index is 0.155. The number of hydrogen-bond donors (Lipinski definition) is 1. The summed E-state index contributed by atoms with van der Waals surface area (Å²) < 4.78 is 0. The third-order valence-electron chi connectivity index (χ3n) is 4.99. The summed E-state index contributed by atoms with van der Waals surface area (Å²) in [6.45, 7) is 2.51. The Labute approximate surface area is 130 Å². The van der Waals surface area contributed by atoms with Gasteiger partial charge in [0.05, 0.1) is 4.92 Å². The molecule has 1 aromatic carbocycles. The summed E-state index contributed by atoms with van der Waals surface area (Å²) in [6, 6.07) is 6.85. The average molecular weight is 302 g/mol. The highest BCUT2D eigenvalue weighted by atomic mass is 16.6. The van der Waals surface area contributed by atoms with Crippen LogP contribution in [0, 0.1) is 15.5 Å². The largest absolute Gasteiger partial charge is 0.352 e. The molecule has 1 saturated heterocycles. The standard InChI is InChI=1S/C16H22N4O2/c1-17-15(19-10-9-16(12-19)7-4-8-16)18-11-13-5-2-3-6-14(13)20(21)22/h2-3,5-6H,4,7-12H2,1H3,(H,17,18). The molecular weight excluding hydrogens is 280 g/mol. The van der Waals surface area contributed by atoms with Gasteiger partial charge >= 0.3 is 0 Å². The normalized spacial score (nSPS) is 20.0. The Hall–Kier alpha value is -2.11. The molecule has 1 aromatic rings. The quantitative estimate of drug-likeness (QED) is 0.403. The zero-order valence-corrected chi connectivity index (χ0v) is 12.9. The van der Waals surface area contributed by atoms with Gasteiger partial charge in [-0.2, -0.15) is 0 Å². The molecule has 2 aliphatic rings. The van der Waals surface area contributed by atoms with Crippen LogP contribution < -0.4 is 5.32 Å². The lowest BCUT2D eigenvalue weighted by Gasteiger charge is -2.38. The van der Waals surface area contributed by atoms with Crippen LogP contribution in [-0.2, 0) is 6.54 Å². The summed E-state index contributed by atoms with van der Waals surface area (Å²) in [7, 11) is 1.77. The molecule has 1 aliphatic carbocycles. The van der Waals surface area contributed by atoms with E-state index in [1.165, 1.54) is 25.7 Å². The van der Waals surface area contributed by atoms with Crippen molar-refractivity contribution in [3.8, 4) is 0 Å². The third kappa shape index (κ3) is 2.77. The van der Waals surface area contributed by atoms with E-state index in [4.69, 9.17) is 0 Å². The molecule has 0 unspecified atom stereocenters. The molecule has 0 bridgehead atoms. The second-order valence-corrected chi connectivity index (χ2v) is 6.31. The lowest BCUT2D eigenvalue weighted by molar-refractivity contribution is -0.385. The van der Waals surface area contributed by atoms with Crippen molar-refractivity contribution in [2.45, 2.75) is 32.2 Å². The molecule has 6 nitrogen and oxygen atoms in total. The summed E-state index contributed by atoms with van der Waals surface area (Å²) in [5.41, 5.74) is 1.35. The van der Waals surface area contributed by atoms with Crippen LogP contribution >= 0.6 is 0 Å². The summed E-state index contributed by atoms with van der Waals surface area (Å²) in [5.74, 6) is 0.849. The van der Waals surface area contributed by atoms with E-state index in [-0.39, 0.29) is 10.6 Å². The van der Waals surface area contributed by atoms with Gasteiger partial charge < -0.3 is 10.2 Å². The number of nitro benzene ring substituents is 1. The van der Waals surface area contributed by atoms with Crippen LogP contribution in [0.2, 0.25) is 0 Å². The van der Waals surface area contributed by atoms with E-state index in [0.717, 1.165) is 19.0 Å². The van der Waals surface area contributed by atoms with Crippen molar-refractivity contribution in [2.75, 3.05) is 20.1 Å². The van der Waals surface area contributed by atoms with E-state index in [0.29, 0.717) is 17.5 Å². The van der Waals surface area contributed by atoms with Crippen molar-refractivity contribution in [3.63, 3.8) is 0 Å². The van der Waals surface area contributed by atoms with E-state index in [2.05, 4.69) is 15.2 Å². The number of para-hydroxylation sites is 1. The van der Waals surface area contributed by atoms with Gasteiger partial charge in [-0.1, -0.05) is 24.6 Å². The number of nitro groups is 1. The lowest BCUT2D eigenvalue weighted by atomic mass is 9.68. The number of benzene rings is 1. The van der Waals surface area contributed by atoms with Crippen molar-refractivity contribution in [1.29, 1.82) is 0 Å². The van der Waals surface area contributed by atoms with Crippen LogP contribution in [0.5, 0.6) is 0 Å². The first-order valence-electron chi connectivity index (χ1n) is 7.81. The molecule has 1 aliphatic heterocycles. The van der Waals surface area contributed by atoms with Gasteiger partial charge in [-0.3, -0.25) is 15.1 Å². The van der Waals surface area contributed by atoms with Crippen LogP contribution in [0.15, 0.2) is 29.3 Å². The minimum Gasteiger partial charge on any atom is -0.352 e. The zero-order valence-electron chi connectivity index (χ0n) is 12.9. The van der Waals surface area contributed by atoms with Gasteiger partial charge in [0.25, 0.3) is 5.69 Å². The van der Waals surface area contributed by atoms with Crippen molar-refractivity contribution in [3.05, 3.63) is 39.9 Å². The molecule has 0 atom stereocenters. The maximum atomic E-state index is 11.1. The van der Waals surface area contributed by atoms with Crippen molar-refractivity contribution >= 4 is 11.6 Å². The Balaban J connectivity index is 1.64. The topological polar surface area (TPSA) is 70.8 Å². The molecule has 1 N–H and O–H groups in total. The van der Waals surface area contributed by atoms with Crippen molar-refractivity contribution in [1.82, 2.24) is 10.2 Å². The number of hydrogen-bond acceptors (Lipinski definition) is 3. The van der Waals surface area contributed by atoms with Crippen LogP contribution in [-0.4, -0.2) is 35.9 Å². The molecule has 1 heterocycles. The number of likely N-dealkylation sites (tertiary alicyclic amines) is 1. The Morgan fingerprint density at radius 1 is 1.41 bits per heavy atom. The van der Waals surface area contributed by atoms with Gasteiger partial charge in [0.2, 0.25) is 0 Å². The van der Waals surface area contributed by atoms with Crippen molar-refractivity contribution in [2.24, 2.45) is 10.4 Å². The number of guanidine groups is 1.